The summed E-state index contributed by atoms with van der Waals surface area (Å²) in [6, 6.07) is 20.4. The van der Waals surface area contributed by atoms with Gasteiger partial charge in [0.05, 0.1) is 30.3 Å². The van der Waals surface area contributed by atoms with E-state index in [9.17, 15) is 4.79 Å². The fourth-order valence-corrected chi connectivity index (χ4v) is 3.88. The lowest BCUT2D eigenvalue weighted by atomic mass is 10.1. The summed E-state index contributed by atoms with van der Waals surface area (Å²) in [5, 5.41) is 6.08. The highest BCUT2D eigenvalue weighted by atomic mass is 16.5. The Labute approximate surface area is 209 Å². The SMILES string of the molecule is Nc1ccccc1NC(=O)c1ccc(CNc2nccc(-c3ccc(N4CCOCC4)nc3)n2)cc1. The normalized spacial score (nSPS) is 13.3. The minimum Gasteiger partial charge on any atom is -0.397 e. The van der Waals surface area contributed by atoms with Gasteiger partial charge in [-0.3, -0.25) is 4.79 Å². The van der Waals surface area contributed by atoms with Gasteiger partial charge in [0.15, 0.2) is 0 Å². The van der Waals surface area contributed by atoms with E-state index in [1.54, 1.807) is 30.5 Å². The Morgan fingerprint density at radius 2 is 1.78 bits per heavy atom. The molecular weight excluding hydrogens is 454 g/mol. The Hall–Kier alpha value is -4.50. The molecule has 0 spiro atoms. The number of hydrogen-bond donors (Lipinski definition) is 3. The van der Waals surface area contributed by atoms with Crippen LogP contribution in [0, 0.1) is 0 Å². The molecule has 5 rings (SSSR count). The van der Waals surface area contributed by atoms with Gasteiger partial charge in [-0.05, 0) is 48.0 Å². The average Bonchev–Trinajstić information content (AvgIpc) is 2.94. The molecule has 2 aromatic carbocycles. The van der Waals surface area contributed by atoms with Crippen molar-refractivity contribution in [2.45, 2.75) is 6.54 Å². The molecule has 1 aliphatic heterocycles. The number of amides is 1. The van der Waals surface area contributed by atoms with E-state index >= 15 is 0 Å². The van der Waals surface area contributed by atoms with E-state index in [2.05, 4.69) is 30.5 Å². The summed E-state index contributed by atoms with van der Waals surface area (Å²) in [5.74, 6) is 1.25. The van der Waals surface area contributed by atoms with Gasteiger partial charge in [-0.2, -0.15) is 0 Å². The zero-order valence-corrected chi connectivity index (χ0v) is 19.7. The lowest BCUT2D eigenvalue weighted by molar-refractivity contribution is 0.102. The zero-order chi connectivity index (χ0) is 24.7. The van der Waals surface area contributed by atoms with Gasteiger partial charge >= 0.3 is 0 Å². The summed E-state index contributed by atoms with van der Waals surface area (Å²) in [6.45, 7) is 3.67. The lowest BCUT2D eigenvalue weighted by Gasteiger charge is -2.27. The van der Waals surface area contributed by atoms with Crippen LogP contribution in [0.5, 0.6) is 0 Å². The second kappa shape index (κ2) is 10.8. The molecule has 1 amide bonds. The first kappa shape index (κ1) is 23.3. The number of nitrogens with zero attached hydrogens (tertiary/aromatic N) is 4. The number of rotatable bonds is 7. The van der Waals surface area contributed by atoms with Crippen molar-refractivity contribution in [2.24, 2.45) is 0 Å². The number of benzene rings is 2. The Morgan fingerprint density at radius 3 is 2.53 bits per heavy atom. The van der Waals surface area contributed by atoms with Crippen LogP contribution < -0.4 is 21.3 Å². The predicted molar refractivity (Wildman–Crippen MR) is 141 cm³/mol. The number of pyridine rings is 1. The molecule has 0 bridgehead atoms. The van der Waals surface area contributed by atoms with Gasteiger partial charge in [0, 0.05) is 43.2 Å². The zero-order valence-electron chi connectivity index (χ0n) is 19.7. The minimum absolute atomic E-state index is 0.211. The fourth-order valence-electron chi connectivity index (χ4n) is 3.88. The summed E-state index contributed by atoms with van der Waals surface area (Å²) >= 11 is 0. The van der Waals surface area contributed by atoms with E-state index in [4.69, 9.17) is 10.5 Å². The Morgan fingerprint density at radius 1 is 0.972 bits per heavy atom. The van der Waals surface area contributed by atoms with Crippen molar-refractivity contribution in [2.75, 3.05) is 47.6 Å². The van der Waals surface area contributed by atoms with Gasteiger partial charge in [-0.15, -0.1) is 0 Å². The van der Waals surface area contributed by atoms with Gasteiger partial charge in [-0.1, -0.05) is 24.3 Å². The molecule has 182 valence electrons. The number of carbonyl (C=O) groups is 1. The number of hydrogen-bond acceptors (Lipinski definition) is 8. The molecule has 2 aromatic heterocycles. The van der Waals surface area contributed by atoms with Crippen LogP contribution in [-0.2, 0) is 11.3 Å². The summed E-state index contributed by atoms with van der Waals surface area (Å²) < 4.78 is 5.41. The number of nitrogen functional groups attached to an aromatic ring is 1. The number of anilines is 4. The molecule has 9 nitrogen and oxygen atoms in total. The van der Waals surface area contributed by atoms with Gasteiger partial charge in [0.2, 0.25) is 5.95 Å². The smallest absolute Gasteiger partial charge is 0.255 e. The number of para-hydroxylation sites is 2. The summed E-state index contributed by atoms with van der Waals surface area (Å²) in [5.41, 5.74) is 10.3. The van der Waals surface area contributed by atoms with Crippen LogP contribution in [0.4, 0.5) is 23.1 Å². The van der Waals surface area contributed by atoms with Crippen LogP contribution in [-0.4, -0.2) is 47.2 Å². The topological polar surface area (TPSA) is 118 Å². The van der Waals surface area contributed by atoms with Gasteiger partial charge in [0.25, 0.3) is 5.91 Å². The quantitative estimate of drug-likeness (QED) is 0.341. The van der Waals surface area contributed by atoms with Crippen LogP contribution in [0.15, 0.2) is 79.1 Å². The van der Waals surface area contributed by atoms with E-state index in [0.29, 0.717) is 29.4 Å². The highest BCUT2D eigenvalue weighted by Gasteiger charge is 2.13. The molecule has 4 aromatic rings. The number of carbonyl (C=O) groups excluding carboxylic acids is 1. The summed E-state index contributed by atoms with van der Waals surface area (Å²) in [4.78, 5) is 28.3. The highest BCUT2D eigenvalue weighted by Crippen LogP contribution is 2.21. The molecule has 1 saturated heterocycles. The maximum Gasteiger partial charge on any atom is 0.255 e. The molecule has 1 fully saturated rings. The third kappa shape index (κ3) is 5.59. The molecule has 0 atom stereocenters. The number of ether oxygens (including phenoxy) is 1. The van der Waals surface area contributed by atoms with Crippen LogP contribution >= 0.6 is 0 Å². The Balaban J connectivity index is 1.19. The van der Waals surface area contributed by atoms with Gasteiger partial charge < -0.3 is 26.0 Å². The summed E-state index contributed by atoms with van der Waals surface area (Å²) in [7, 11) is 0. The van der Waals surface area contributed by atoms with Crippen molar-refractivity contribution in [3.05, 3.63) is 90.3 Å². The molecule has 0 aliphatic carbocycles. The van der Waals surface area contributed by atoms with E-state index in [0.717, 1.165) is 48.9 Å². The molecule has 4 N–H and O–H groups in total. The monoisotopic (exact) mass is 481 g/mol. The molecule has 36 heavy (non-hydrogen) atoms. The number of nitrogens with one attached hydrogen (secondary N) is 2. The highest BCUT2D eigenvalue weighted by molar-refractivity contribution is 6.05. The maximum absolute atomic E-state index is 12.5. The van der Waals surface area contributed by atoms with Crippen molar-refractivity contribution in [3.63, 3.8) is 0 Å². The standard InChI is InChI=1S/C27H27N7O2/c28-22-3-1-2-4-24(22)32-26(35)20-7-5-19(6-8-20)17-31-27-29-12-11-23(33-27)21-9-10-25(30-18-21)34-13-15-36-16-14-34/h1-12,18H,13-17,28H2,(H,32,35)(H,29,31,33). The molecule has 0 unspecified atom stereocenters. The Bertz CT molecular complexity index is 1320. The van der Waals surface area contributed by atoms with Crippen LogP contribution in [0.1, 0.15) is 15.9 Å². The first-order valence-electron chi connectivity index (χ1n) is 11.8. The minimum atomic E-state index is -0.211. The average molecular weight is 482 g/mol. The van der Waals surface area contributed by atoms with Crippen LogP contribution in [0.2, 0.25) is 0 Å². The molecule has 1 aliphatic rings. The van der Waals surface area contributed by atoms with Crippen molar-refractivity contribution >= 4 is 29.0 Å². The lowest BCUT2D eigenvalue weighted by Crippen LogP contribution is -2.36. The number of morpholine rings is 1. The molecule has 9 heteroatoms. The van der Waals surface area contributed by atoms with Gasteiger partial charge in [-0.25, -0.2) is 15.0 Å². The third-order valence-corrected chi connectivity index (χ3v) is 5.91. The van der Waals surface area contributed by atoms with Crippen molar-refractivity contribution in [1.29, 1.82) is 0 Å². The summed E-state index contributed by atoms with van der Waals surface area (Å²) in [6.07, 6.45) is 3.56. The second-order valence-electron chi connectivity index (χ2n) is 8.36. The van der Waals surface area contributed by atoms with Crippen molar-refractivity contribution < 1.29 is 9.53 Å². The van der Waals surface area contributed by atoms with Gasteiger partial charge in [0.1, 0.15) is 5.82 Å². The molecule has 0 saturated carbocycles. The van der Waals surface area contributed by atoms with Crippen LogP contribution in [0.25, 0.3) is 11.3 Å². The van der Waals surface area contributed by atoms with E-state index < -0.39 is 0 Å². The molecule has 3 heterocycles. The van der Waals surface area contributed by atoms with E-state index in [1.807, 2.05) is 48.7 Å². The predicted octanol–water partition coefficient (Wildman–Crippen LogP) is 3.82. The number of nitrogens with two attached hydrogens (primary N) is 1. The third-order valence-electron chi connectivity index (χ3n) is 5.91. The first-order chi connectivity index (χ1) is 17.7. The first-order valence-corrected chi connectivity index (χ1v) is 11.8. The van der Waals surface area contributed by atoms with E-state index in [-0.39, 0.29) is 5.91 Å². The maximum atomic E-state index is 12.5. The second-order valence-corrected chi connectivity index (χ2v) is 8.36. The van der Waals surface area contributed by atoms with Crippen molar-refractivity contribution in [3.8, 4) is 11.3 Å². The number of aromatic nitrogens is 3. The van der Waals surface area contributed by atoms with Crippen LogP contribution in [0.3, 0.4) is 0 Å². The molecular formula is C27H27N7O2. The van der Waals surface area contributed by atoms with Crippen molar-refractivity contribution in [1.82, 2.24) is 15.0 Å². The largest absolute Gasteiger partial charge is 0.397 e. The van der Waals surface area contributed by atoms with E-state index in [1.165, 1.54) is 0 Å². The Kier molecular flexibility index (Phi) is 7.00. The molecule has 0 radical (unpaired) electrons. The fraction of sp³-hybridized carbons (Fsp3) is 0.185.